The average molecular weight is 340 g/mol. The summed E-state index contributed by atoms with van der Waals surface area (Å²) < 4.78 is 85.2. The minimum atomic E-state index is -5.46. The first-order valence-corrected chi connectivity index (χ1v) is 6.79. The van der Waals surface area contributed by atoms with Crippen LogP contribution in [0.3, 0.4) is 0 Å². The molecule has 0 aromatic heterocycles. The van der Waals surface area contributed by atoms with E-state index in [0.29, 0.717) is 0 Å². The normalized spacial score (nSPS) is 12.8. The van der Waals surface area contributed by atoms with E-state index < -0.39 is 48.3 Å². The maximum Gasteiger partial charge on any atom is 0.424 e. The predicted octanol–water partition coefficient (Wildman–Crippen LogP) is 3.48. The minimum absolute atomic E-state index is 0.0389. The standard InChI is InChI=1S/C8H3ClF5NO4S/c9-20(18,19)5-2-3(7(10)11)1-4(15(16)17)6(5)8(12,13)14/h1-2,7H. The van der Waals surface area contributed by atoms with Gasteiger partial charge in [0.05, 0.1) is 4.92 Å². The number of hydrogen-bond donors (Lipinski definition) is 0. The van der Waals surface area contributed by atoms with Crippen LogP contribution in [0.15, 0.2) is 17.0 Å². The highest BCUT2D eigenvalue weighted by molar-refractivity contribution is 8.13. The lowest BCUT2D eigenvalue weighted by Crippen LogP contribution is -2.14. The molecule has 20 heavy (non-hydrogen) atoms. The largest absolute Gasteiger partial charge is 0.424 e. The summed E-state index contributed by atoms with van der Waals surface area (Å²) in [5.74, 6) is 0. The molecule has 12 heteroatoms. The fourth-order valence-corrected chi connectivity index (χ4v) is 2.47. The van der Waals surface area contributed by atoms with Crippen LogP contribution in [0.2, 0.25) is 0 Å². The van der Waals surface area contributed by atoms with E-state index in [2.05, 4.69) is 0 Å². The van der Waals surface area contributed by atoms with Crippen molar-refractivity contribution in [3.63, 3.8) is 0 Å². The van der Waals surface area contributed by atoms with Gasteiger partial charge in [0.1, 0.15) is 4.90 Å². The highest BCUT2D eigenvalue weighted by Crippen LogP contribution is 2.43. The molecule has 0 bridgehead atoms. The molecule has 5 nitrogen and oxygen atoms in total. The SMILES string of the molecule is O=[N+]([O-])c1cc(C(F)F)cc(S(=O)(=O)Cl)c1C(F)(F)F. The van der Waals surface area contributed by atoms with Gasteiger partial charge in [-0.3, -0.25) is 10.1 Å². The first kappa shape index (κ1) is 16.6. The van der Waals surface area contributed by atoms with Gasteiger partial charge >= 0.3 is 6.18 Å². The molecule has 0 aliphatic carbocycles. The van der Waals surface area contributed by atoms with E-state index in [4.69, 9.17) is 10.7 Å². The molecule has 0 aliphatic heterocycles. The first-order valence-electron chi connectivity index (χ1n) is 4.48. The summed E-state index contributed by atoms with van der Waals surface area (Å²) in [7, 11) is -0.386. The van der Waals surface area contributed by atoms with Crippen molar-refractivity contribution in [2.45, 2.75) is 17.5 Å². The third-order valence-electron chi connectivity index (χ3n) is 2.10. The molecule has 0 spiro atoms. The van der Waals surface area contributed by atoms with Gasteiger partial charge in [0.2, 0.25) is 0 Å². The van der Waals surface area contributed by atoms with Crippen LogP contribution in [0.25, 0.3) is 0 Å². The zero-order chi connectivity index (χ0) is 15.9. The summed E-state index contributed by atoms with van der Waals surface area (Å²) in [6.07, 6.45) is -8.87. The van der Waals surface area contributed by atoms with Gasteiger partial charge in [0.25, 0.3) is 21.2 Å². The number of alkyl halides is 5. The Kier molecular flexibility index (Phi) is 4.25. The van der Waals surface area contributed by atoms with E-state index in [1.807, 2.05) is 0 Å². The maximum absolute atomic E-state index is 12.7. The van der Waals surface area contributed by atoms with E-state index in [1.165, 1.54) is 0 Å². The van der Waals surface area contributed by atoms with Crippen LogP contribution < -0.4 is 0 Å². The molecule has 1 aromatic carbocycles. The molecular weight excluding hydrogens is 337 g/mol. The molecule has 0 radical (unpaired) electrons. The van der Waals surface area contributed by atoms with Crippen LogP contribution in [0.4, 0.5) is 27.6 Å². The number of nitro groups is 1. The van der Waals surface area contributed by atoms with Crippen molar-refractivity contribution in [2.24, 2.45) is 0 Å². The molecule has 0 saturated heterocycles. The fourth-order valence-electron chi connectivity index (χ4n) is 1.37. The molecule has 0 N–H and O–H groups in total. The van der Waals surface area contributed by atoms with Gasteiger partial charge in [-0.05, 0) is 6.07 Å². The maximum atomic E-state index is 12.7. The molecular formula is C8H3ClF5NO4S. The molecule has 0 saturated carbocycles. The van der Waals surface area contributed by atoms with Gasteiger partial charge in [-0.2, -0.15) is 13.2 Å². The number of nitro benzene ring substituents is 1. The third-order valence-corrected chi connectivity index (χ3v) is 3.44. The van der Waals surface area contributed by atoms with Gasteiger partial charge in [-0.15, -0.1) is 0 Å². The number of halogens is 6. The zero-order valence-electron chi connectivity index (χ0n) is 8.99. The molecule has 1 rings (SSSR count). The molecule has 0 aliphatic rings. The van der Waals surface area contributed by atoms with Crippen molar-refractivity contribution >= 4 is 25.4 Å². The zero-order valence-corrected chi connectivity index (χ0v) is 10.6. The summed E-state index contributed by atoms with van der Waals surface area (Å²) >= 11 is 0. The van der Waals surface area contributed by atoms with Gasteiger partial charge in [0, 0.05) is 22.3 Å². The second-order valence-corrected chi connectivity index (χ2v) is 5.94. The second kappa shape index (κ2) is 5.13. The Bertz CT molecular complexity index is 658. The van der Waals surface area contributed by atoms with Crippen molar-refractivity contribution < 1.29 is 35.3 Å². The topological polar surface area (TPSA) is 77.3 Å². The molecule has 0 heterocycles. The van der Waals surface area contributed by atoms with Gasteiger partial charge in [0.15, 0.2) is 5.56 Å². The summed E-state index contributed by atoms with van der Waals surface area (Å²) in [6, 6.07) is -0.0815. The Labute approximate surface area is 112 Å². The quantitative estimate of drug-likeness (QED) is 0.365. The molecule has 0 fully saturated rings. The molecule has 0 amide bonds. The summed E-state index contributed by atoms with van der Waals surface area (Å²) in [5.41, 5.74) is -5.26. The minimum Gasteiger partial charge on any atom is -0.258 e. The van der Waals surface area contributed by atoms with Crippen molar-refractivity contribution in [1.29, 1.82) is 0 Å². The summed E-state index contributed by atoms with van der Waals surface area (Å²) in [5, 5.41) is 10.5. The third kappa shape index (κ3) is 3.33. The first-order chi connectivity index (χ1) is 8.85. The van der Waals surface area contributed by atoms with E-state index in [-0.39, 0.29) is 12.1 Å². The molecule has 0 atom stereocenters. The van der Waals surface area contributed by atoms with Gasteiger partial charge in [-0.25, -0.2) is 17.2 Å². The lowest BCUT2D eigenvalue weighted by molar-refractivity contribution is -0.388. The van der Waals surface area contributed by atoms with E-state index in [9.17, 15) is 40.5 Å². The van der Waals surface area contributed by atoms with Crippen LogP contribution in [-0.4, -0.2) is 13.3 Å². The fraction of sp³-hybridized carbons (Fsp3) is 0.250. The molecule has 1 aromatic rings. The lowest BCUT2D eigenvalue weighted by atomic mass is 10.1. The summed E-state index contributed by atoms with van der Waals surface area (Å²) in [4.78, 5) is 7.15. The Balaban J connectivity index is 3.92. The van der Waals surface area contributed by atoms with Gasteiger partial charge in [-0.1, -0.05) is 0 Å². The number of nitrogens with zero attached hydrogens (tertiary/aromatic N) is 1. The lowest BCUT2D eigenvalue weighted by Gasteiger charge is -2.12. The van der Waals surface area contributed by atoms with Crippen molar-refractivity contribution in [1.82, 2.24) is 0 Å². The van der Waals surface area contributed by atoms with E-state index >= 15 is 0 Å². The molecule has 112 valence electrons. The second-order valence-electron chi connectivity index (χ2n) is 3.41. The van der Waals surface area contributed by atoms with Crippen molar-refractivity contribution in [3.05, 3.63) is 33.4 Å². The highest BCUT2D eigenvalue weighted by Gasteiger charge is 2.44. The Hall–Kier alpha value is -1.49. The number of rotatable bonds is 3. The van der Waals surface area contributed by atoms with Crippen LogP contribution in [-0.2, 0) is 15.2 Å². The number of benzene rings is 1. The average Bonchev–Trinajstić information content (AvgIpc) is 2.24. The number of hydrogen-bond acceptors (Lipinski definition) is 4. The molecule has 0 unspecified atom stereocenters. The predicted molar refractivity (Wildman–Crippen MR) is 56.1 cm³/mol. The van der Waals surface area contributed by atoms with Crippen molar-refractivity contribution in [2.75, 3.05) is 0 Å². The van der Waals surface area contributed by atoms with E-state index in [1.54, 1.807) is 0 Å². The Morgan fingerprint density at radius 1 is 1.25 bits per heavy atom. The summed E-state index contributed by atoms with van der Waals surface area (Å²) in [6.45, 7) is 0. The van der Waals surface area contributed by atoms with Crippen LogP contribution in [0, 0.1) is 10.1 Å². The van der Waals surface area contributed by atoms with E-state index in [0.717, 1.165) is 0 Å². The van der Waals surface area contributed by atoms with Crippen LogP contribution in [0.5, 0.6) is 0 Å². The van der Waals surface area contributed by atoms with Crippen LogP contribution >= 0.6 is 10.7 Å². The van der Waals surface area contributed by atoms with Gasteiger partial charge < -0.3 is 0 Å². The Morgan fingerprint density at radius 3 is 2.05 bits per heavy atom. The smallest absolute Gasteiger partial charge is 0.258 e. The highest BCUT2D eigenvalue weighted by atomic mass is 35.7. The monoisotopic (exact) mass is 339 g/mol. The van der Waals surface area contributed by atoms with Crippen molar-refractivity contribution in [3.8, 4) is 0 Å². The van der Waals surface area contributed by atoms with Crippen LogP contribution in [0.1, 0.15) is 17.6 Å². The Morgan fingerprint density at radius 2 is 1.75 bits per heavy atom.